The van der Waals surface area contributed by atoms with Crippen molar-refractivity contribution in [1.82, 2.24) is 0 Å². The summed E-state index contributed by atoms with van der Waals surface area (Å²) >= 11 is 0. The normalized spacial score (nSPS) is 9.27. The van der Waals surface area contributed by atoms with Crippen LogP contribution in [0.3, 0.4) is 0 Å². The van der Waals surface area contributed by atoms with E-state index < -0.39 is 5.97 Å². The molecular weight excluding hydrogens is 190 g/mol. The maximum absolute atomic E-state index is 10.5. The molecule has 15 heavy (non-hydrogen) atoms. The molecule has 1 N–H and O–H groups in total. The quantitative estimate of drug-likeness (QED) is 0.739. The van der Waals surface area contributed by atoms with Crippen LogP contribution in [0.1, 0.15) is 6.42 Å². The second-order valence-corrected chi connectivity index (χ2v) is 3.10. The monoisotopic (exact) mass is 203 g/mol. The maximum atomic E-state index is 10.5. The van der Waals surface area contributed by atoms with E-state index in [2.05, 4.69) is 5.92 Å². The van der Waals surface area contributed by atoms with E-state index in [1.165, 1.54) is 0 Å². The summed E-state index contributed by atoms with van der Waals surface area (Å²) in [5, 5.41) is 8.60. The minimum atomic E-state index is -0.812. The Morgan fingerprint density at radius 3 is 2.60 bits per heavy atom. The molecule has 0 saturated heterocycles. The summed E-state index contributed by atoms with van der Waals surface area (Å²) in [5.41, 5.74) is 0.955. The SMILES string of the molecule is C#CCN(CCC(=O)O)c1ccccc1. The van der Waals surface area contributed by atoms with E-state index in [1.807, 2.05) is 35.2 Å². The maximum Gasteiger partial charge on any atom is 0.305 e. The largest absolute Gasteiger partial charge is 0.481 e. The van der Waals surface area contributed by atoms with Crippen molar-refractivity contribution < 1.29 is 9.90 Å². The standard InChI is InChI=1S/C12H13NO2/c1-2-9-13(10-8-12(14)15)11-6-4-3-5-7-11/h1,3-7H,8-10H2,(H,14,15). The molecular formula is C12H13NO2. The molecule has 0 saturated carbocycles. The minimum absolute atomic E-state index is 0.0938. The van der Waals surface area contributed by atoms with Crippen molar-refractivity contribution in [2.24, 2.45) is 0 Å². The van der Waals surface area contributed by atoms with Crippen molar-refractivity contribution in [3.63, 3.8) is 0 Å². The molecule has 0 aliphatic carbocycles. The Kier molecular flexibility index (Phi) is 4.24. The predicted octanol–water partition coefficient (Wildman–Crippen LogP) is 1.60. The van der Waals surface area contributed by atoms with Crippen LogP contribution in [0.5, 0.6) is 0 Å². The Morgan fingerprint density at radius 1 is 1.40 bits per heavy atom. The molecule has 0 spiro atoms. The third-order valence-electron chi connectivity index (χ3n) is 2.00. The van der Waals surface area contributed by atoms with E-state index in [1.54, 1.807) is 0 Å². The highest BCUT2D eigenvalue weighted by atomic mass is 16.4. The van der Waals surface area contributed by atoms with Crippen LogP contribution in [-0.2, 0) is 4.79 Å². The summed E-state index contributed by atoms with van der Waals surface area (Å²) in [6.45, 7) is 0.862. The third kappa shape index (κ3) is 3.74. The van der Waals surface area contributed by atoms with E-state index in [0.717, 1.165) is 5.69 Å². The first kappa shape index (κ1) is 11.1. The molecule has 3 nitrogen and oxygen atoms in total. The molecule has 0 bridgehead atoms. The lowest BCUT2D eigenvalue weighted by atomic mass is 10.2. The zero-order chi connectivity index (χ0) is 11.1. The van der Waals surface area contributed by atoms with Crippen LogP contribution in [-0.4, -0.2) is 24.2 Å². The Morgan fingerprint density at radius 2 is 2.07 bits per heavy atom. The number of rotatable bonds is 5. The van der Waals surface area contributed by atoms with Crippen molar-refractivity contribution >= 4 is 11.7 Å². The van der Waals surface area contributed by atoms with Gasteiger partial charge in [0.15, 0.2) is 0 Å². The van der Waals surface area contributed by atoms with Crippen molar-refractivity contribution in [3.05, 3.63) is 30.3 Å². The lowest BCUT2D eigenvalue weighted by Gasteiger charge is -2.21. The van der Waals surface area contributed by atoms with Gasteiger partial charge in [-0.3, -0.25) is 4.79 Å². The van der Waals surface area contributed by atoms with Crippen molar-refractivity contribution in [3.8, 4) is 12.3 Å². The molecule has 3 heteroatoms. The van der Waals surface area contributed by atoms with Crippen LogP contribution in [0.25, 0.3) is 0 Å². The Hall–Kier alpha value is -1.95. The number of carbonyl (C=O) groups is 1. The molecule has 0 aromatic heterocycles. The van der Waals surface area contributed by atoms with E-state index in [4.69, 9.17) is 11.5 Å². The fourth-order valence-electron chi connectivity index (χ4n) is 1.28. The molecule has 0 amide bonds. The summed E-state index contributed by atoms with van der Waals surface area (Å²) in [7, 11) is 0. The minimum Gasteiger partial charge on any atom is -0.481 e. The van der Waals surface area contributed by atoms with Crippen LogP contribution >= 0.6 is 0 Å². The number of nitrogens with zero attached hydrogens (tertiary/aromatic N) is 1. The number of aliphatic carboxylic acids is 1. The van der Waals surface area contributed by atoms with Gasteiger partial charge in [-0.2, -0.15) is 0 Å². The summed E-state index contributed by atoms with van der Waals surface area (Å²) in [6, 6.07) is 9.55. The van der Waals surface area contributed by atoms with Crippen LogP contribution in [0, 0.1) is 12.3 Å². The molecule has 0 fully saturated rings. The van der Waals surface area contributed by atoms with Gasteiger partial charge < -0.3 is 10.0 Å². The first-order chi connectivity index (χ1) is 7.24. The zero-order valence-corrected chi connectivity index (χ0v) is 8.39. The average molecular weight is 203 g/mol. The van der Waals surface area contributed by atoms with Crippen LogP contribution < -0.4 is 4.90 Å². The zero-order valence-electron chi connectivity index (χ0n) is 8.39. The second-order valence-electron chi connectivity index (χ2n) is 3.10. The van der Waals surface area contributed by atoms with Gasteiger partial charge in [0.25, 0.3) is 0 Å². The molecule has 0 aliphatic heterocycles. The highest BCUT2D eigenvalue weighted by molar-refractivity contribution is 5.67. The summed E-state index contributed by atoms with van der Waals surface area (Å²) in [5.74, 6) is 1.71. The van der Waals surface area contributed by atoms with Gasteiger partial charge in [-0.1, -0.05) is 24.1 Å². The van der Waals surface area contributed by atoms with Gasteiger partial charge in [-0.25, -0.2) is 0 Å². The number of carboxylic acid groups (broad SMARTS) is 1. The first-order valence-electron chi connectivity index (χ1n) is 4.69. The first-order valence-corrected chi connectivity index (χ1v) is 4.69. The predicted molar refractivity (Wildman–Crippen MR) is 59.7 cm³/mol. The average Bonchev–Trinajstić information content (AvgIpc) is 2.25. The summed E-state index contributed by atoms with van der Waals surface area (Å²) in [6.07, 6.45) is 5.33. The van der Waals surface area contributed by atoms with Gasteiger partial charge in [-0.15, -0.1) is 6.42 Å². The number of benzene rings is 1. The number of anilines is 1. The Labute approximate surface area is 89.3 Å². The van der Waals surface area contributed by atoms with Gasteiger partial charge in [0.1, 0.15) is 0 Å². The smallest absolute Gasteiger partial charge is 0.305 e. The van der Waals surface area contributed by atoms with E-state index in [0.29, 0.717) is 13.1 Å². The number of hydrogen-bond donors (Lipinski definition) is 1. The van der Waals surface area contributed by atoms with Gasteiger partial charge in [-0.05, 0) is 12.1 Å². The molecule has 0 aliphatic rings. The van der Waals surface area contributed by atoms with Crippen LogP contribution in [0.4, 0.5) is 5.69 Å². The van der Waals surface area contributed by atoms with Crippen molar-refractivity contribution in [2.45, 2.75) is 6.42 Å². The molecule has 1 aromatic rings. The summed E-state index contributed by atoms with van der Waals surface area (Å²) < 4.78 is 0. The Balaban J connectivity index is 2.66. The number of terminal acetylenes is 1. The molecule has 1 rings (SSSR count). The lowest BCUT2D eigenvalue weighted by Crippen LogP contribution is -2.26. The molecule has 0 radical (unpaired) electrons. The van der Waals surface area contributed by atoms with Crippen molar-refractivity contribution in [1.29, 1.82) is 0 Å². The van der Waals surface area contributed by atoms with Gasteiger partial charge in [0, 0.05) is 12.2 Å². The van der Waals surface area contributed by atoms with E-state index in [-0.39, 0.29) is 6.42 Å². The highest BCUT2D eigenvalue weighted by Gasteiger charge is 2.06. The fourth-order valence-corrected chi connectivity index (χ4v) is 1.28. The molecule has 1 aromatic carbocycles. The van der Waals surface area contributed by atoms with Gasteiger partial charge in [0.2, 0.25) is 0 Å². The van der Waals surface area contributed by atoms with E-state index >= 15 is 0 Å². The number of para-hydroxylation sites is 1. The van der Waals surface area contributed by atoms with Crippen LogP contribution in [0.2, 0.25) is 0 Å². The van der Waals surface area contributed by atoms with E-state index in [9.17, 15) is 4.79 Å². The molecule has 78 valence electrons. The van der Waals surface area contributed by atoms with Gasteiger partial charge >= 0.3 is 5.97 Å². The second kappa shape index (κ2) is 5.71. The van der Waals surface area contributed by atoms with Crippen molar-refractivity contribution in [2.75, 3.05) is 18.0 Å². The number of carboxylic acids is 1. The lowest BCUT2D eigenvalue weighted by molar-refractivity contribution is -0.136. The molecule has 0 atom stereocenters. The topological polar surface area (TPSA) is 40.5 Å². The van der Waals surface area contributed by atoms with Gasteiger partial charge in [0.05, 0.1) is 13.0 Å². The third-order valence-corrected chi connectivity index (χ3v) is 2.00. The summed E-state index contributed by atoms with van der Waals surface area (Å²) in [4.78, 5) is 12.3. The Bertz CT molecular complexity index is 354. The number of hydrogen-bond acceptors (Lipinski definition) is 2. The highest BCUT2D eigenvalue weighted by Crippen LogP contribution is 2.12. The molecule has 0 heterocycles. The van der Waals surface area contributed by atoms with Crippen LogP contribution in [0.15, 0.2) is 30.3 Å². The molecule has 0 unspecified atom stereocenters. The fraction of sp³-hybridized carbons (Fsp3) is 0.250.